The first-order valence-corrected chi connectivity index (χ1v) is 8.77. The van der Waals surface area contributed by atoms with Gasteiger partial charge in [-0.25, -0.2) is 8.42 Å². The molecule has 0 saturated carbocycles. The first kappa shape index (κ1) is 18.7. The highest BCUT2D eigenvalue weighted by Gasteiger charge is 2.32. The molecule has 1 aliphatic heterocycles. The topological polar surface area (TPSA) is 52.7 Å². The molecule has 1 saturated heterocycles. The van der Waals surface area contributed by atoms with E-state index in [2.05, 4.69) is 21.2 Å². The summed E-state index contributed by atoms with van der Waals surface area (Å²) >= 11 is 3.36. The van der Waals surface area contributed by atoms with Crippen molar-refractivity contribution in [2.75, 3.05) is 38.6 Å². The molecule has 0 aromatic heterocycles. The van der Waals surface area contributed by atoms with Crippen LogP contribution in [0.2, 0.25) is 0 Å². The molecule has 1 fully saturated rings. The zero-order valence-corrected chi connectivity index (χ0v) is 15.6. The fraction of sp³-hybridized carbons (Fsp3) is 0.538. The number of piperazine rings is 1. The Labute approximate surface area is 141 Å². The van der Waals surface area contributed by atoms with E-state index in [0.29, 0.717) is 29.0 Å². The number of halogens is 2. The standard InChI is InChI=1S/C13H20BrN3O2S.ClH/c1-10-9-15-6-7-17(10)20(18,19)13-8-11(16(2)3)4-5-12(13)14;/h4-5,8,10,15H,6-7,9H2,1-3H3;1H. The quantitative estimate of drug-likeness (QED) is 0.845. The lowest BCUT2D eigenvalue weighted by molar-refractivity contribution is 0.283. The van der Waals surface area contributed by atoms with Gasteiger partial charge in [-0.3, -0.25) is 0 Å². The van der Waals surface area contributed by atoms with Crippen molar-refractivity contribution < 1.29 is 8.42 Å². The van der Waals surface area contributed by atoms with Crippen molar-refractivity contribution in [1.82, 2.24) is 9.62 Å². The van der Waals surface area contributed by atoms with Gasteiger partial charge in [0, 0.05) is 49.9 Å². The van der Waals surface area contributed by atoms with Crippen molar-refractivity contribution >= 4 is 44.0 Å². The summed E-state index contributed by atoms with van der Waals surface area (Å²) in [5, 5.41) is 3.21. The van der Waals surface area contributed by atoms with Gasteiger partial charge in [0.25, 0.3) is 0 Å². The number of hydrogen-bond acceptors (Lipinski definition) is 4. The molecule has 1 N–H and O–H groups in total. The van der Waals surface area contributed by atoms with Crippen LogP contribution in [0.4, 0.5) is 5.69 Å². The van der Waals surface area contributed by atoms with Gasteiger partial charge in [0.1, 0.15) is 0 Å². The van der Waals surface area contributed by atoms with Gasteiger partial charge in [-0.15, -0.1) is 12.4 Å². The normalized spacial score (nSPS) is 19.9. The van der Waals surface area contributed by atoms with E-state index in [1.54, 1.807) is 16.4 Å². The lowest BCUT2D eigenvalue weighted by atomic mass is 10.3. The minimum absolute atomic E-state index is 0. The minimum atomic E-state index is -3.48. The maximum Gasteiger partial charge on any atom is 0.244 e. The Morgan fingerprint density at radius 1 is 1.38 bits per heavy atom. The van der Waals surface area contributed by atoms with E-state index in [4.69, 9.17) is 0 Å². The largest absolute Gasteiger partial charge is 0.378 e. The highest BCUT2D eigenvalue weighted by atomic mass is 79.9. The smallest absolute Gasteiger partial charge is 0.244 e. The molecule has 1 unspecified atom stereocenters. The number of benzene rings is 1. The minimum Gasteiger partial charge on any atom is -0.378 e. The zero-order chi connectivity index (χ0) is 14.9. The Morgan fingerprint density at radius 3 is 2.62 bits per heavy atom. The second-order valence-corrected chi connectivity index (χ2v) is 7.89. The SMILES string of the molecule is CC1CNCCN1S(=O)(=O)c1cc(N(C)C)ccc1Br.Cl. The predicted octanol–water partition coefficient (Wildman–Crippen LogP) is 1.92. The van der Waals surface area contributed by atoms with Crippen molar-refractivity contribution in [2.45, 2.75) is 17.9 Å². The molecule has 0 radical (unpaired) electrons. The van der Waals surface area contributed by atoms with Gasteiger partial charge < -0.3 is 10.2 Å². The molecular formula is C13H21BrClN3O2S. The zero-order valence-electron chi connectivity index (χ0n) is 12.3. The maximum atomic E-state index is 12.8. The van der Waals surface area contributed by atoms with Crippen LogP contribution in [0.15, 0.2) is 27.6 Å². The van der Waals surface area contributed by atoms with Crippen molar-refractivity contribution in [3.05, 3.63) is 22.7 Å². The summed E-state index contributed by atoms with van der Waals surface area (Å²) in [6.07, 6.45) is 0. The number of nitrogens with one attached hydrogen (secondary N) is 1. The van der Waals surface area contributed by atoms with Crippen molar-refractivity contribution in [3.63, 3.8) is 0 Å². The summed E-state index contributed by atoms with van der Waals surface area (Å²) in [5.74, 6) is 0. The van der Waals surface area contributed by atoms with Crippen LogP contribution in [0, 0.1) is 0 Å². The molecule has 0 aliphatic carbocycles. The van der Waals surface area contributed by atoms with Crippen LogP contribution in [0.1, 0.15) is 6.92 Å². The Balaban J connectivity index is 0.00000220. The van der Waals surface area contributed by atoms with Gasteiger partial charge in [-0.05, 0) is 41.1 Å². The number of anilines is 1. The lowest BCUT2D eigenvalue weighted by Gasteiger charge is -2.33. The second-order valence-electron chi connectivity index (χ2n) is 5.18. The molecule has 8 heteroatoms. The third-order valence-corrected chi connectivity index (χ3v) is 6.47. The highest BCUT2D eigenvalue weighted by Crippen LogP contribution is 2.30. The molecule has 1 aromatic rings. The van der Waals surface area contributed by atoms with Crippen LogP contribution < -0.4 is 10.2 Å². The van der Waals surface area contributed by atoms with Gasteiger partial charge in [0.15, 0.2) is 0 Å². The number of sulfonamides is 1. The van der Waals surface area contributed by atoms with E-state index in [-0.39, 0.29) is 18.4 Å². The van der Waals surface area contributed by atoms with Gasteiger partial charge in [0.2, 0.25) is 10.0 Å². The third-order valence-electron chi connectivity index (χ3n) is 3.46. The summed E-state index contributed by atoms with van der Waals surface area (Å²) in [4.78, 5) is 2.23. The molecule has 1 aromatic carbocycles. The predicted molar refractivity (Wildman–Crippen MR) is 91.9 cm³/mol. The number of rotatable bonds is 3. The average molecular weight is 399 g/mol. The molecule has 5 nitrogen and oxygen atoms in total. The molecular weight excluding hydrogens is 378 g/mol. The van der Waals surface area contributed by atoms with Crippen LogP contribution >= 0.6 is 28.3 Å². The Kier molecular flexibility index (Phi) is 6.49. The van der Waals surface area contributed by atoms with Gasteiger partial charge in [0.05, 0.1) is 4.90 Å². The fourth-order valence-electron chi connectivity index (χ4n) is 2.27. The van der Waals surface area contributed by atoms with E-state index >= 15 is 0 Å². The van der Waals surface area contributed by atoms with Crippen molar-refractivity contribution in [3.8, 4) is 0 Å². The summed E-state index contributed by atoms with van der Waals surface area (Å²) in [5.41, 5.74) is 0.870. The summed E-state index contributed by atoms with van der Waals surface area (Å²) in [6.45, 7) is 3.80. The van der Waals surface area contributed by atoms with E-state index in [1.807, 2.05) is 32.0 Å². The summed E-state index contributed by atoms with van der Waals surface area (Å²) in [6, 6.07) is 5.36. The average Bonchev–Trinajstić information content (AvgIpc) is 2.39. The van der Waals surface area contributed by atoms with E-state index in [0.717, 1.165) is 5.69 Å². The first-order valence-electron chi connectivity index (χ1n) is 6.53. The molecule has 21 heavy (non-hydrogen) atoms. The molecule has 0 bridgehead atoms. The van der Waals surface area contributed by atoms with E-state index in [9.17, 15) is 8.42 Å². The molecule has 2 rings (SSSR count). The van der Waals surface area contributed by atoms with Crippen molar-refractivity contribution in [2.24, 2.45) is 0 Å². The monoisotopic (exact) mass is 397 g/mol. The molecule has 0 spiro atoms. The van der Waals surface area contributed by atoms with Crippen LogP contribution in [0.25, 0.3) is 0 Å². The van der Waals surface area contributed by atoms with E-state index in [1.165, 1.54) is 0 Å². The molecule has 1 atom stereocenters. The van der Waals surface area contributed by atoms with Crippen LogP contribution in [-0.2, 0) is 10.0 Å². The van der Waals surface area contributed by atoms with Gasteiger partial charge in [-0.2, -0.15) is 4.31 Å². The number of hydrogen-bond donors (Lipinski definition) is 1. The number of nitrogens with zero attached hydrogens (tertiary/aromatic N) is 2. The van der Waals surface area contributed by atoms with Crippen molar-refractivity contribution in [1.29, 1.82) is 0 Å². The first-order chi connectivity index (χ1) is 9.34. The summed E-state index contributed by atoms with van der Waals surface area (Å²) < 4.78 is 27.9. The summed E-state index contributed by atoms with van der Waals surface area (Å²) in [7, 11) is 0.314. The van der Waals surface area contributed by atoms with E-state index < -0.39 is 10.0 Å². The second kappa shape index (κ2) is 7.28. The Bertz CT molecular complexity index is 595. The Morgan fingerprint density at radius 2 is 2.05 bits per heavy atom. The molecule has 120 valence electrons. The van der Waals surface area contributed by atoms with Crippen LogP contribution in [-0.4, -0.2) is 52.5 Å². The molecule has 1 aliphatic rings. The van der Waals surface area contributed by atoms with Gasteiger partial charge in [-0.1, -0.05) is 0 Å². The van der Waals surface area contributed by atoms with Crippen LogP contribution in [0.5, 0.6) is 0 Å². The van der Waals surface area contributed by atoms with Crippen LogP contribution in [0.3, 0.4) is 0 Å². The Hall–Kier alpha value is -0.340. The third kappa shape index (κ3) is 3.90. The van der Waals surface area contributed by atoms with Gasteiger partial charge >= 0.3 is 0 Å². The maximum absolute atomic E-state index is 12.8. The molecule has 0 amide bonds. The highest BCUT2D eigenvalue weighted by molar-refractivity contribution is 9.10. The molecule has 1 heterocycles. The fourth-order valence-corrected chi connectivity index (χ4v) is 4.85. The lowest BCUT2D eigenvalue weighted by Crippen LogP contribution is -2.52.